The van der Waals surface area contributed by atoms with Crippen molar-refractivity contribution < 1.29 is 18.0 Å². The summed E-state index contributed by atoms with van der Waals surface area (Å²) in [4.78, 5) is 15.1. The molecule has 0 aromatic carbocycles. The summed E-state index contributed by atoms with van der Waals surface area (Å²) in [5, 5.41) is 8.37. The molecule has 140 valence electrons. The molecule has 5 nitrogen and oxygen atoms in total. The first-order valence-corrected chi connectivity index (χ1v) is 7.16. The number of carbonyl (C=O) groups is 1. The van der Waals surface area contributed by atoms with Crippen molar-refractivity contribution in [3.63, 3.8) is 0 Å². The van der Waals surface area contributed by atoms with Crippen molar-refractivity contribution >= 4 is 48.1 Å². The smallest absolute Gasteiger partial charge is 0.368 e. The lowest BCUT2D eigenvalue weighted by Gasteiger charge is -2.11. The first-order valence-electron chi connectivity index (χ1n) is 6.78. The first-order chi connectivity index (χ1) is 10.3. The normalized spacial score (nSPS) is 10.4. The second kappa shape index (κ2) is 12.4. The van der Waals surface area contributed by atoms with E-state index < -0.39 is 11.7 Å². The van der Waals surface area contributed by atoms with E-state index in [1.807, 2.05) is 6.92 Å². The van der Waals surface area contributed by atoms with Crippen LogP contribution >= 0.6 is 36.4 Å². The largest absolute Gasteiger partial charge is 0.417 e. The number of carbonyl (C=O) groups excluding carboxylic acids is 1. The van der Waals surface area contributed by atoms with E-state index in [1.54, 1.807) is 0 Å². The number of alkyl halides is 3. The van der Waals surface area contributed by atoms with Crippen LogP contribution in [-0.4, -0.2) is 37.1 Å². The molecule has 1 amide bonds. The molecular weight excluding hydrogens is 392 g/mol. The summed E-state index contributed by atoms with van der Waals surface area (Å²) >= 11 is 5.74. The van der Waals surface area contributed by atoms with Crippen LogP contribution in [0, 0.1) is 0 Å². The molecular formula is C13H20Cl3F3N4O. The maximum Gasteiger partial charge on any atom is 0.417 e. The Bertz CT molecular complexity index is 504. The Hall–Kier alpha value is -0.960. The van der Waals surface area contributed by atoms with Crippen LogP contribution in [0.1, 0.15) is 18.9 Å². The lowest BCUT2D eigenvalue weighted by Crippen LogP contribution is -2.32. The summed E-state index contributed by atoms with van der Waals surface area (Å²) in [6, 6.07) is 0.799. The standard InChI is InChI=1S/C13H18ClF3N4O.2ClH/c1-2-18-5-6-19-11(22)3-4-20-12-10(14)7-9(8-21-12)13(15,16)17;;/h7-8,18H,2-6H2,1H3,(H,19,22)(H,20,21);2*1H. The van der Waals surface area contributed by atoms with Gasteiger partial charge in [-0.05, 0) is 12.6 Å². The zero-order valence-corrected chi connectivity index (χ0v) is 15.3. The summed E-state index contributed by atoms with van der Waals surface area (Å²) in [5.41, 5.74) is -0.913. The molecule has 0 fully saturated rings. The topological polar surface area (TPSA) is 66.0 Å². The fourth-order valence-corrected chi connectivity index (χ4v) is 1.81. The minimum absolute atomic E-state index is 0. The Balaban J connectivity index is 0. The highest BCUT2D eigenvalue weighted by molar-refractivity contribution is 6.32. The predicted molar refractivity (Wildman–Crippen MR) is 93.4 cm³/mol. The van der Waals surface area contributed by atoms with Gasteiger partial charge < -0.3 is 16.0 Å². The van der Waals surface area contributed by atoms with Gasteiger partial charge in [-0.1, -0.05) is 18.5 Å². The first kappa shape index (κ1) is 25.3. The third-order valence-corrected chi connectivity index (χ3v) is 2.98. The van der Waals surface area contributed by atoms with Gasteiger partial charge in [0, 0.05) is 32.3 Å². The van der Waals surface area contributed by atoms with Gasteiger partial charge in [-0.25, -0.2) is 4.98 Å². The number of halogens is 6. The second-order valence-corrected chi connectivity index (χ2v) is 4.84. The molecule has 24 heavy (non-hydrogen) atoms. The summed E-state index contributed by atoms with van der Waals surface area (Å²) < 4.78 is 37.4. The minimum Gasteiger partial charge on any atom is -0.368 e. The number of likely N-dealkylation sites (N-methyl/N-ethyl adjacent to an activating group) is 1. The predicted octanol–water partition coefficient (Wildman–Crippen LogP) is 3.13. The van der Waals surface area contributed by atoms with E-state index in [1.165, 1.54) is 0 Å². The molecule has 1 heterocycles. The van der Waals surface area contributed by atoms with Crippen LogP contribution in [0.4, 0.5) is 19.0 Å². The molecule has 11 heteroatoms. The molecule has 1 aromatic heterocycles. The van der Waals surface area contributed by atoms with Crippen molar-refractivity contribution in [1.29, 1.82) is 0 Å². The van der Waals surface area contributed by atoms with Crippen LogP contribution in [0.15, 0.2) is 12.3 Å². The van der Waals surface area contributed by atoms with Gasteiger partial charge in [0.05, 0.1) is 10.6 Å². The highest BCUT2D eigenvalue weighted by atomic mass is 35.5. The van der Waals surface area contributed by atoms with Crippen LogP contribution in [0.2, 0.25) is 5.02 Å². The van der Waals surface area contributed by atoms with Crippen molar-refractivity contribution in [2.45, 2.75) is 19.5 Å². The van der Waals surface area contributed by atoms with Gasteiger partial charge in [-0.3, -0.25) is 4.79 Å². The maximum atomic E-state index is 12.5. The zero-order valence-electron chi connectivity index (χ0n) is 12.9. The van der Waals surface area contributed by atoms with Crippen molar-refractivity contribution in [3.8, 4) is 0 Å². The van der Waals surface area contributed by atoms with Crippen molar-refractivity contribution in [1.82, 2.24) is 15.6 Å². The molecule has 0 bridgehead atoms. The van der Waals surface area contributed by atoms with Gasteiger partial charge in [0.25, 0.3) is 0 Å². The Labute approximate surface area is 155 Å². The zero-order chi connectivity index (χ0) is 16.6. The van der Waals surface area contributed by atoms with E-state index in [4.69, 9.17) is 11.6 Å². The fraction of sp³-hybridized carbons (Fsp3) is 0.538. The van der Waals surface area contributed by atoms with E-state index >= 15 is 0 Å². The Morgan fingerprint density at radius 2 is 1.92 bits per heavy atom. The van der Waals surface area contributed by atoms with Gasteiger partial charge in [-0.2, -0.15) is 13.2 Å². The van der Waals surface area contributed by atoms with Crippen LogP contribution in [0.25, 0.3) is 0 Å². The Morgan fingerprint density at radius 1 is 1.25 bits per heavy atom. The minimum atomic E-state index is -4.48. The number of nitrogens with one attached hydrogen (secondary N) is 3. The van der Waals surface area contributed by atoms with Crippen LogP contribution < -0.4 is 16.0 Å². The number of pyridine rings is 1. The number of aromatic nitrogens is 1. The molecule has 1 aromatic rings. The summed E-state index contributed by atoms with van der Waals surface area (Å²) in [5.74, 6) is -0.0384. The average molecular weight is 412 g/mol. The fourth-order valence-electron chi connectivity index (χ4n) is 1.57. The molecule has 0 unspecified atom stereocenters. The number of rotatable bonds is 8. The monoisotopic (exact) mass is 410 g/mol. The van der Waals surface area contributed by atoms with Gasteiger partial charge in [0.15, 0.2) is 0 Å². The third-order valence-electron chi connectivity index (χ3n) is 2.69. The number of hydrogen-bond donors (Lipinski definition) is 3. The summed E-state index contributed by atoms with van der Waals surface area (Å²) in [7, 11) is 0. The number of amides is 1. The molecule has 0 aliphatic rings. The van der Waals surface area contributed by atoms with E-state index in [0.717, 1.165) is 12.6 Å². The van der Waals surface area contributed by atoms with E-state index in [2.05, 4.69) is 20.9 Å². The Morgan fingerprint density at radius 3 is 2.46 bits per heavy atom. The van der Waals surface area contributed by atoms with Crippen LogP contribution in [-0.2, 0) is 11.0 Å². The molecule has 1 rings (SSSR count). The average Bonchev–Trinajstić information content (AvgIpc) is 2.44. The van der Waals surface area contributed by atoms with Gasteiger partial charge in [0.1, 0.15) is 5.82 Å². The maximum absolute atomic E-state index is 12.5. The highest BCUT2D eigenvalue weighted by Gasteiger charge is 2.31. The number of anilines is 1. The quantitative estimate of drug-likeness (QED) is 0.575. The lowest BCUT2D eigenvalue weighted by molar-refractivity contribution is -0.137. The second-order valence-electron chi connectivity index (χ2n) is 4.43. The van der Waals surface area contributed by atoms with E-state index in [-0.39, 0.29) is 54.5 Å². The molecule has 0 atom stereocenters. The lowest BCUT2D eigenvalue weighted by atomic mass is 10.2. The van der Waals surface area contributed by atoms with Crippen LogP contribution in [0.3, 0.4) is 0 Å². The number of nitrogens with zero attached hydrogens (tertiary/aromatic N) is 1. The van der Waals surface area contributed by atoms with Gasteiger partial charge >= 0.3 is 6.18 Å². The molecule has 0 radical (unpaired) electrons. The van der Waals surface area contributed by atoms with E-state index in [9.17, 15) is 18.0 Å². The third kappa shape index (κ3) is 9.36. The molecule has 0 spiro atoms. The van der Waals surface area contributed by atoms with Gasteiger partial charge in [0.2, 0.25) is 5.91 Å². The van der Waals surface area contributed by atoms with Crippen molar-refractivity contribution in [3.05, 3.63) is 22.8 Å². The SMILES string of the molecule is CCNCCNC(=O)CCNc1ncc(C(F)(F)F)cc1Cl.Cl.Cl. The summed E-state index contributed by atoms with van der Waals surface area (Å²) in [6.45, 7) is 4.22. The Kier molecular flexibility index (Phi) is 13.1. The highest BCUT2D eigenvalue weighted by Crippen LogP contribution is 2.32. The molecule has 0 aliphatic carbocycles. The van der Waals surface area contributed by atoms with Crippen molar-refractivity contribution in [2.24, 2.45) is 0 Å². The molecule has 0 saturated heterocycles. The molecule has 0 aliphatic heterocycles. The van der Waals surface area contributed by atoms with Gasteiger partial charge in [-0.15, -0.1) is 24.8 Å². The van der Waals surface area contributed by atoms with Crippen molar-refractivity contribution in [2.75, 3.05) is 31.5 Å². The molecule has 3 N–H and O–H groups in total. The number of hydrogen-bond acceptors (Lipinski definition) is 4. The summed E-state index contributed by atoms with van der Waals surface area (Å²) in [6.07, 6.45) is -3.61. The van der Waals surface area contributed by atoms with Crippen LogP contribution in [0.5, 0.6) is 0 Å². The molecule has 0 saturated carbocycles. The van der Waals surface area contributed by atoms with E-state index in [0.29, 0.717) is 19.3 Å².